The summed E-state index contributed by atoms with van der Waals surface area (Å²) in [7, 11) is 0. The molecule has 0 nitrogen and oxygen atoms in total. The minimum atomic E-state index is 0.532. The van der Waals surface area contributed by atoms with Crippen LogP contribution < -0.4 is 0 Å². The van der Waals surface area contributed by atoms with Crippen LogP contribution in [0.1, 0.15) is 42.5 Å². The largest absolute Gasteiger partial charge is 0.103 e. The Morgan fingerprint density at radius 2 is 1.78 bits per heavy atom. The zero-order valence-electron chi connectivity index (χ0n) is 14.7. The van der Waals surface area contributed by atoms with Crippen molar-refractivity contribution in [3.05, 3.63) is 89.6 Å². The molecule has 1 aliphatic rings. The molecule has 0 saturated heterocycles. The van der Waals surface area contributed by atoms with Gasteiger partial charge in [0.2, 0.25) is 0 Å². The van der Waals surface area contributed by atoms with Gasteiger partial charge in [0.15, 0.2) is 0 Å². The first-order valence-electron chi connectivity index (χ1n) is 8.54. The molecule has 0 aromatic heterocycles. The fraction of sp³-hybridized carbons (Fsp3) is 0.304. The van der Waals surface area contributed by atoms with Gasteiger partial charge in [-0.1, -0.05) is 60.7 Å². The molecule has 0 amide bonds. The van der Waals surface area contributed by atoms with E-state index in [0.29, 0.717) is 5.92 Å². The number of hydrogen-bond acceptors (Lipinski definition) is 0. The van der Waals surface area contributed by atoms with Gasteiger partial charge >= 0.3 is 0 Å². The quantitative estimate of drug-likeness (QED) is 0.535. The normalized spacial score (nSPS) is 15.0. The third-order valence-electron chi connectivity index (χ3n) is 4.58. The number of rotatable bonds is 6. The van der Waals surface area contributed by atoms with Crippen molar-refractivity contribution in [3.63, 3.8) is 0 Å². The Balaban J connectivity index is 2.21. The van der Waals surface area contributed by atoms with Crippen molar-refractivity contribution in [3.8, 4) is 0 Å². The maximum atomic E-state index is 3.92. The molecule has 0 atom stereocenters. The van der Waals surface area contributed by atoms with Crippen molar-refractivity contribution in [2.75, 3.05) is 0 Å². The molecule has 2 rings (SSSR count). The van der Waals surface area contributed by atoms with E-state index in [2.05, 4.69) is 82.0 Å². The lowest BCUT2D eigenvalue weighted by Crippen LogP contribution is -2.01. The third-order valence-corrected chi connectivity index (χ3v) is 4.58. The highest BCUT2D eigenvalue weighted by Gasteiger charge is 2.10. The average Bonchev–Trinajstić information content (AvgIpc) is 2.83. The highest BCUT2D eigenvalue weighted by Crippen LogP contribution is 2.26. The van der Waals surface area contributed by atoms with Crippen LogP contribution >= 0.6 is 0 Å². The second-order valence-electron chi connectivity index (χ2n) is 6.26. The van der Waals surface area contributed by atoms with E-state index >= 15 is 0 Å². The standard InChI is InChI=1S/C23H28/c1-5-11-22-17-21(19(4)16-23(22)18(3)6-2)15-14-20-12-9-7-8-10-13-20/h5-10,12-13,16-17,20H,1,11,14-15H2,2-4H3/b18-6-. The topological polar surface area (TPSA) is 0 Å². The van der Waals surface area contributed by atoms with E-state index in [4.69, 9.17) is 0 Å². The maximum Gasteiger partial charge on any atom is -0.00441 e. The number of aryl methyl sites for hydroxylation is 2. The molecule has 1 aromatic rings. The molecule has 0 spiro atoms. The van der Waals surface area contributed by atoms with Crippen LogP contribution in [0.3, 0.4) is 0 Å². The van der Waals surface area contributed by atoms with Crippen molar-refractivity contribution < 1.29 is 0 Å². The van der Waals surface area contributed by atoms with Gasteiger partial charge in [0.1, 0.15) is 0 Å². The van der Waals surface area contributed by atoms with Crippen LogP contribution in [0.25, 0.3) is 5.57 Å². The molecule has 0 N–H and O–H groups in total. The van der Waals surface area contributed by atoms with Crippen LogP contribution in [0.2, 0.25) is 0 Å². The molecular weight excluding hydrogens is 276 g/mol. The third kappa shape index (κ3) is 4.69. The Morgan fingerprint density at radius 1 is 1.09 bits per heavy atom. The summed E-state index contributed by atoms with van der Waals surface area (Å²) in [6, 6.07) is 4.74. The fourth-order valence-electron chi connectivity index (χ4n) is 3.04. The Morgan fingerprint density at radius 3 is 2.39 bits per heavy atom. The molecule has 0 unspecified atom stereocenters. The molecule has 120 valence electrons. The summed E-state index contributed by atoms with van der Waals surface area (Å²) in [5.74, 6) is 0.532. The van der Waals surface area contributed by atoms with Gasteiger partial charge in [-0.05, 0) is 73.8 Å². The summed E-state index contributed by atoms with van der Waals surface area (Å²) >= 11 is 0. The predicted octanol–water partition coefficient (Wildman–Crippen LogP) is 6.38. The van der Waals surface area contributed by atoms with E-state index in [1.54, 1.807) is 0 Å². The summed E-state index contributed by atoms with van der Waals surface area (Å²) in [5.41, 5.74) is 6.97. The van der Waals surface area contributed by atoms with Gasteiger partial charge < -0.3 is 0 Å². The fourth-order valence-corrected chi connectivity index (χ4v) is 3.04. The number of allylic oxidation sites excluding steroid dienone is 9. The van der Waals surface area contributed by atoms with E-state index in [1.807, 2.05) is 6.08 Å². The van der Waals surface area contributed by atoms with Crippen LogP contribution in [-0.2, 0) is 12.8 Å². The monoisotopic (exact) mass is 304 g/mol. The van der Waals surface area contributed by atoms with Crippen LogP contribution in [0.5, 0.6) is 0 Å². The molecule has 1 aliphatic carbocycles. The number of benzene rings is 1. The predicted molar refractivity (Wildman–Crippen MR) is 104 cm³/mol. The van der Waals surface area contributed by atoms with Crippen LogP contribution in [0.15, 0.2) is 67.3 Å². The molecule has 0 heteroatoms. The summed E-state index contributed by atoms with van der Waals surface area (Å²) in [6.07, 6.45) is 20.5. The molecule has 0 radical (unpaired) electrons. The molecule has 0 aliphatic heterocycles. The van der Waals surface area contributed by atoms with E-state index in [9.17, 15) is 0 Å². The van der Waals surface area contributed by atoms with Crippen LogP contribution in [0, 0.1) is 12.8 Å². The minimum Gasteiger partial charge on any atom is -0.103 e. The lowest BCUT2D eigenvalue weighted by atomic mass is 9.90. The van der Waals surface area contributed by atoms with E-state index in [0.717, 1.165) is 19.3 Å². The van der Waals surface area contributed by atoms with Gasteiger partial charge in [-0.3, -0.25) is 0 Å². The Bertz CT molecular complexity index is 650. The van der Waals surface area contributed by atoms with Crippen molar-refractivity contribution in [2.24, 2.45) is 5.92 Å². The second-order valence-corrected chi connectivity index (χ2v) is 6.26. The van der Waals surface area contributed by atoms with Gasteiger partial charge in [-0.15, -0.1) is 6.58 Å². The van der Waals surface area contributed by atoms with Gasteiger partial charge in [0.25, 0.3) is 0 Å². The number of hydrogen-bond donors (Lipinski definition) is 0. The van der Waals surface area contributed by atoms with Crippen LogP contribution in [0.4, 0.5) is 0 Å². The van der Waals surface area contributed by atoms with Crippen molar-refractivity contribution in [1.29, 1.82) is 0 Å². The lowest BCUT2D eigenvalue weighted by molar-refractivity contribution is 0.706. The maximum absolute atomic E-state index is 3.92. The Hall–Kier alpha value is -2.08. The molecule has 0 fully saturated rings. The van der Waals surface area contributed by atoms with Gasteiger partial charge in [-0.2, -0.15) is 0 Å². The zero-order chi connectivity index (χ0) is 16.7. The van der Waals surface area contributed by atoms with Gasteiger partial charge in [0.05, 0.1) is 0 Å². The summed E-state index contributed by atoms with van der Waals surface area (Å²) in [4.78, 5) is 0. The van der Waals surface area contributed by atoms with E-state index < -0.39 is 0 Å². The minimum absolute atomic E-state index is 0.532. The first-order chi connectivity index (χ1) is 11.2. The summed E-state index contributed by atoms with van der Waals surface area (Å²) in [6.45, 7) is 10.5. The van der Waals surface area contributed by atoms with Crippen molar-refractivity contribution in [2.45, 2.75) is 40.0 Å². The smallest absolute Gasteiger partial charge is 0.00441 e. The molecular formula is C23H28. The first-order valence-corrected chi connectivity index (χ1v) is 8.54. The van der Waals surface area contributed by atoms with E-state index in [-0.39, 0.29) is 0 Å². The molecule has 0 heterocycles. The lowest BCUT2D eigenvalue weighted by Gasteiger charge is -2.15. The van der Waals surface area contributed by atoms with E-state index in [1.165, 1.54) is 27.8 Å². The average molecular weight is 304 g/mol. The summed E-state index contributed by atoms with van der Waals surface area (Å²) < 4.78 is 0. The van der Waals surface area contributed by atoms with Crippen molar-refractivity contribution in [1.82, 2.24) is 0 Å². The first kappa shape index (κ1) is 17.3. The Labute approximate surface area is 141 Å². The summed E-state index contributed by atoms with van der Waals surface area (Å²) in [5, 5.41) is 0. The Kier molecular flexibility index (Phi) is 6.40. The molecule has 1 aromatic carbocycles. The van der Waals surface area contributed by atoms with Gasteiger partial charge in [-0.25, -0.2) is 0 Å². The van der Waals surface area contributed by atoms with Gasteiger partial charge in [0, 0.05) is 0 Å². The highest BCUT2D eigenvalue weighted by atomic mass is 14.1. The zero-order valence-corrected chi connectivity index (χ0v) is 14.7. The second kappa shape index (κ2) is 8.53. The molecule has 23 heavy (non-hydrogen) atoms. The van der Waals surface area contributed by atoms with Crippen LogP contribution in [-0.4, -0.2) is 0 Å². The molecule has 0 saturated carbocycles. The van der Waals surface area contributed by atoms with Crippen molar-refractivity contribution >= 4 is 5.57 Å². The highest BCUT2D eigenvalue weighted by molar-refractivity contribution is 5.68. The SMILES string of the molecule is C=CCc1cc(CCC2C=CC=CC=C2)c(C)cc1/C(C)=C\C. The molecule has 0 bridgehead atoms.